The molecule has 1 saturated carbocycles. The van der Waals surface area contributed by atoms with Crippen LogP contribution in [0.5, 0.6) is 5.75 Å². The van der Waals surface area contributed by atoms with Crippen LogP contribution in [0.2, 0.25) is 0 Å². The summed E-state index contributed by atoms with van der Waals surface area (Å²) in [4.78, 5) is 0. The Hall–Kier alpha value is -1.64. The summed E-state index contributed by atoms with van der Waals surface area (Å²) in [6.07, 6.45) is 4.43. The first-order valence-corrected chi connectivity index (χ1v) is 12.5. The normalized spacial score (nSPS) is 25.1. The zero-order valence-corrected chi connectivity index (χ0v) is 19.7. The van der Waals surface area contributed by atoms with Crippen LogP contribution in [0.15, 0.2) is 36.4 Å². The molecule has 1 aliphatic carbocycles. The van der Waals surface area contributed by atoms with Crippen LogP contribution in [0.1, 0.15) is 65.0 Å². The van der Waals surface area contributed by atoms with Crippen LogP contribution in [-0.2, 0) is 4.57 Å². The van der Waals surface area contributed by atoms with Gasteiger partial charge in [-0.05, 0) is 46.6 Å². The van der Waals surface area contributed by atoms with Crippen molar-refractivity contribution in [1.29, 1.82) is 5.26 Å². The van der Waals surface area contributed by atoms with E-state index < -0.39 is 13.6 Å². The van der Waals surface area contributed by atoms with Crippen LogP contribution in [0, 0.1) is 11.3 Å². The number of nitriles is 1. The summed E-state index contributed by atoms with van der Waals surface area (Å²) in [5.41, 5.74) is 1.11. The van der Waals surface area contributed by atoms with Crippen molar-refractivity contribution < 1.29 is 9.30 Å². The van der Waals surface area contributed by atoms with Gasteiger partial charge in [0.2, 0.25) is 0 Å². The monoisotopic (exact) mass is 430 g/mol. The topological polar surface area (TPSA) is 68.6 Å². The van der Waals surface area contributed by atoms with Gasteiger partial charge in [-0.3, -0.25) is 4.57 Å². The van der Waals surface area contributed by atoms with Crippen molar-refractivity contribution in [2.24, 2.45) is 0 Å². The molecule has 0 unspecified atom stereocenters. The molecular weight excluding hydrogens is 395 g/mol. The highest BCUT2D eigenvalue weighted by Crippen LogP contribution is 2.64. The third kappa shape index (κ3) is 3.97. The smallest absolute Gasteiger partial charge is 0.286 e. The van der Waals surface area contributed by atoms with Gasteiger partial charge in [0.1, 0.15) is 5.75 Å². The average molecular weight is 431 g/mol. The van der Waals surface area contributed by atoms with Crippen LogP contribution in [0.4, 0.5) is 0 Å². The molecule has 0 aromatic heterocycles. The molecule has 1 aliphatic heterocycles. The molecule has 1 N–H and O–H groups in total. The van der Waals surface area contributed by atoms with Gasteiger partial charge in [-0.15, -0.1) is 0 Å². The first kappa shape index (κ1) is 23.0. The Balaban J connectivity index is 2.11. The van der Waals surface area contributed by atoms with Gasteiger partial charge in [0.05, 0.1) is 19.2 Å². The van der Waals surface area contributed by atoms with Crippen LogP contribution < -0.4 is 9.82 Å². The minimum atomic E-state index is -3.18. The number of hydrogen-bond donors (Lipinski definition) is 1. The third-order valence-electron chi connectivity index (χ3n) is 6.30. The van der Waals surface area contributed by atoms with Crippen molar-refractivity contribution >= 4 is 7.59 Å². The SMILES string of the molecule is C=C(C#N)[C@H](NP1(=O)N(C(C)C)[C@@H]2CCCC[C@H]2N1C(C)C)c1ccccc1OC. The van der Waals surface area contributed by atoms with Gasteiger partial charge in [0.15, 0.2) is 0 Å². The maximum absolute atomic E-state index is 14.9. The van der Waals surface area contributed by atoms with Crippen LogP contribution in [0.3, 0.4) is 0 Å². The van der Waals surface area contributed by atoms with E-state index in [2.05, 4.69) is 54.8 Å². The van der Waals surface area contributed by atoms with Crippen LogP contribution >= 0.6 is 7.59 Å². The molecule has 7 heteroatoms. The van der Waals surface area contributed by atoms with E-state index in [1.807, 2.05) is 24.3 Å². The molecule has 1 saturated heterocycles. The molecular formula is C23H35N4O2P. The Labute approximate surface area is 181 Å². The summed E-state index contributed by atoms with van der Waals surface area (Å²) in [7, 11) is -1.57. The van der Waals surface area contributed by atoms with E-state index in [9.17, 15) is 9.83 Å². The highest BCUT2D eigenvalue weighted by atomic mass is 31.2. The predicted molar refractivity (Wildman–Crippen MR) is 121 cm³/mol. The van der Waals surface area contributed by atoms with Crippen molar-refractivity contribution in [3.05, 3.63) is 42.0 Å². The minimum Gasteiger partial charge on any atom is -0.496 e. The second-order valence-electron chi connectivity index (χ2n) is 8.85. The van der Waals surface area contributed by atoms with Gasteiger partial charge < -0.3 is 4.74 Å². The first-order valence-electron chi connectivity index (χ1n) is 10.9. The number of benzene rings is 1. The second kappa shape index (κ2) is 9.24. The molecule has 3 rings (SSSR count). The molecule has 2 fully saturated rings. The maximum Gasteiger partial charge on any atom is 0.286 e. The van der Waals surface area contributed by atoms with Gasteiger partial charge in [0, 0.05) is 35.3 Å². The summed E-state index contributed by atoms with van der Waals surface area (Å²) < 4.78 is 24.8. The van der Waals surface area contributed by atoms with E-state index in [4.69, 9.17) is 4.74 Å². The molecule has 0 spiro atoms. The Kier molecular flexibility index (Phi) is 7.09. The highest BCUT2D eigenvalue weighted by molar-refractivity contribution is 7.57. The Bertz CT molecular complexity index is 835. The van der Waals surface area contributed by atoms with Crippen molar-refractivity contribution in [1.82, 2.24) is 14.4 Å². The summed E-state index contributed by atoms with van der Waals surface area (Å²) >= 11 is 0. The van der Waals surface area contributed by atoms with E-state index in [1.165, 1.54) is 0 Å². The fourth-order valence-electron chi connectivity index (χ4n) is 5.23. The van der Waals surface area contributed by atoms with Crippen molar-refractivity contribution in [2.75, 3.05) is 7.11 Å². The van der Waals surface area contributed by atoms with Gasteiger partial charge in [0.25, 0.3) is 7.59 Å². The lowest BCUT2D eigenvalue weighted by Gasteiger charge is -2.38. The van der Waals surface area contributed by atoms with E-state index >= 15 is 0 Å². The zero-order valence-electron chi connectivity index (χ0n) is 18.8. The van der Waals surface area contributed by atoms with Crippen molar-refractivity contribution in [3.63, 3.8) is 0 Å². The summed E-state index contributed by atoms with van der Waals surface area (Å²) in [6.45, 7) is 12.4. The molecule has 6 nitrogen and oxygen atoms in total. The Morgan fingerprint density at radius 2 is 1.70 bits per heavy atom. The second-order valence-corrected chi connectivity index (χ2v) is 11.1. The summed E-state index contributed by atoms with van der Waals surface area (Å²) in [5, 5.41) is 13.2. The fourth-order valence-corrected chi connectivity index (χ4v) is 8.96. The molecule has 0 radical (unpaired) electrons. The molecule has 1 heterocycles. The zero-order chi connectivity index (χ0) is 22.1. The molecule has 164 valence electrons. The summed E-state index contributed by atoms with van der Waals surface area (Å²) in [5.74, 6) is 0.654. The number of hydrogen-bond acceptors (Lipinski definition) is 3. The number of rotatable bonds is 7. The molecule has 3 atom stereocenters. The quantitative estimate of drug-likeness (QED) is 0.470. The lowest BCUT2D eigenvalue weighted by atomic mass is 9.89. The number of methoxy groups -OCH3 is 1. The van der Waals surface area contributed by atoms with Crippen LogP contribution in [-0.4, -0.2) is 40.6 Å². The number of fused-ring (bicyclic) bond motifs is 1. The number of para-hydroxylation sites is 1. The maximum atomic E-state index is 14.9. The molecule has 0 bridgehead atoms. The van der Waals surface area contributed by atoms with Gasteiger partial charge in [-0.2, -0.15) is 5.26 Å². The van der Waals surface area contributed by atoms with Crippen LogP contribution in [0.25, 0.3) is 0 Å². The minimum absolute atomic E-state index is 0.117. The summed E-state index contributed by atoms with van der Waals surface area (Å²) in [6, 6.07) is 9.92. The largest absolute Gasteiger partial charge is 0.496 e. The standard InChI is InChI=1S/C23H35N4O2P/c1-16(2)26-20-12-8-9-13-21(20)27(17(3)4)30(26,28)25-23(18(5)15-24)19-11-7-10-14-22(19)29-6/h7,10-11,14,16-17,20-21,23H,5,8-9,12-13H2,1-4,6H3,(H,25,28)/t20-,21-,23+/m1/s1. The Morgan fingerprint density at radius 1 is 1.17 bits per heavy atom. The van der Waals surface area contributed by atoms with E-state index in [1.54, 1.807) is 7.11 Å². The number of nitrogens with zero attached hydrogens (tertiary/aromatic N) is 3. The number of ether oxygens (including phenoxy) is 1. The molecule has 1 aromatic rings. The molecule has 2 aliphatic rings. The fraction of sp³-hybridized carbons (Fsp3) is 0.609. The third-order valence-corrected chi connectivity index (χ3v) is 9.66. The number of nitrogens with one attached hydrogen (secondary N) is 1. The highest BCUT2D eigenvalue weighted by Gasteiger charge is 2.57. The predicted octanol–water partition coefficient (Wildman–Crippen LogP) is 5.26. The molecule has 1 aromatic carbocycles. The van der Waals surface area contributed by atoms with Gasteiger partial charge in [-0.1, -0.05) is 37.6 Å². The molecule has 0 amide bonds. The Morgan fingerprint density at radius 3 is 2.17 bits per heavy atom. The van der Waals surface area contributed by atoms with Gasteiger partial charge in [-0.25, -0.2) is 14.4 Å². The van der Waals surface area contributed by atoms with Gasteiger partial charge >= 0.3 is 0 Å². The van der Waals surface area contributed by atoms with Crippen molar-refractivity contribution in [3.8, 4) is 11.8 Å². The lowest BCUT2D eigenvalue weighted by Crippen LogP contribution is -2.43. The lowest BCUT2D eigenvalue weighted by molar-refractivity contribution is 0.173. The van der Waals surface area contributed by atoms with E-state index in [0.717, 1.165) is 31.2 Å². The van der Waals surface area contributed by atoms with E-state index in [0.29, 0.717) is 11.3 Å². The first-order chi connectivity index (χ1) is 14.3. The van der Waals surface area contributed by atoms with Crippen molar-refractivity contribution in [2.45, 2.75) is 83.6 Å². The molecule has 30 heavy (non-hydrogen) atoms. The average Bonchev–Trinajstić information content (AvgIpc) is 2.99. The van der Waals surface area contributed by atoms with E-state index in [-0.39, 0.29) is 24.2 Å².